The molecule has 82 valence electrons. The van der Waals surface area contributed by atoms with Gasteiger partial charge in [0, 0.05) is 24.2 Å². The van der Waals surface area contributed by atoms with E-state index < -0.39 is 0 Å². The summed E-state index contributed by atoms with van der Waals surface area (Å²) in [6.45, 7) is 4.11. The average molecular weight is 213 g/mol. The van der Waals surface area contributed by atoms with Gasteiger partial charge in [-0.25, -0.2) is 0 Å². The summed E-state index contributed by atoms with van der Waals surface area (Å²) >= 11 is 0. The van der Waals surface area contributed by atoms with Crippen LogP contribution in [0.15, 0.2) is 24.3 Å². The van der Waals surface area contributed by atoms with Gasteiger partial charge >= 0.3 is 0 Å². The van der Waals surface area contributed by atoms with E-state index in [1.54, 1.807) is 0 Å². The molecular weight excluding hydrogens is 198 g/mol. The van der Waals surface area contributed by atoms with Crippen LogP contribution in [0.5, 0.6) is 0 Å². The summed E-state index contributed by atoms with van der Waals surface area (Å²) in [5.41, 5.74) is 6.27. The minimum absolute atomic E-state index is 0.980. The van der Waals surface area contributed by atoms with Gasteiger partial charge in [0.15, 0.2) is 0 Å². The number of rotatable bonds is 1. The lowest BCUT2D eigenvalue weighted by Crippen LogP contribution is -2.09. The van der Waals surface area contributed by atoms with Crippen molar-refractivity contribution >= 4 is 0 Å². The van der Waals surface area contributed by atoms with Crippen LogP contribution < -0.4 is 0 Å². The molecule has 1 N–H and O–H groups in total. The summed E-state index contributed by atoms with van der Waals surface area (Å²) in [7, 11) is 2.13. The molecule has 0 atom stereocenters. The fraction of sp³-hybridized carbons (Fsp3) is 0.308. The third-order valence-corrected chi connectivity index (χ3v) is 3.21. The highest BCUT2D eigenvalue weighted by atomic mass is 15.2. The van der Waals surface area contributed by atoms with Crippen molar-refractivity contribution in [1.29, 1.82) is 0 Å². The van der Waals surface area contributed by atoms with Crippen molar-refractivity contribution in [2.75, 3.05) is 7.05 Å². The molecule has 0 amide bonds. The largest absolute Gasteiger partial charge is 0.296 e. The molecule has 0 bridgehead atoms. The zero-order chi connectivity index (χ0) is 11.1. The Labute approximate surface area is 95.1 Å². The predicted octanol–water partition coefficient (Wildman–Crippen LogP) is 2.33. The van der Waals surface area contributed by atoms with E-state index in [1.165, 1.54) is 22.4 Å². The van der Waals surface area contributed by atoms with Crippen LogP contribution in [0.2, 0.25) is 0 Å². The van der Waals surface area contributed by atoms with Crippen molar-refractivity contribution in [3.8, 4) is 11.3 Å². The topological polar surface area (TPSA) is 31.9 Å². The molecule has 0 unspecified atom stereocenters. The third kappa shape index (κ3) is 1.36. The first-order chi connectivity index (χ1) is 7.75. The summed E-state index contributed by atoms with van der Waals surface area (Å²) in [4.78, 5) is 2.30. The minimum Gasteiger partial charge on any atom is -0.296 e. The lowest BCUT2D eigenvalue weighted by atomic mass is 10.0. The molecule has 1 aliphatic rings. The number of fused-ring (bicyclic) bond motifs is 1. The molecule has 0 aliphatic carbocycles. The number of benzene rings is 1. The first kappa shape index (κ1) is 9.60. The Morgan fingerprint density at radius 3 is 2.88 bits per heavy atom. The van der Waals surface area contributed by atoms with Gasteiger partial charge in [-0.2, -0.15) is 5.10 Å². The van der Waals surface area contributed by atoms with Gasteiger partial charge in [-0.3, -0.25) is 10.00 Å². The Bertz CT molecular complexity index is 528. The number of aromatic amines is 1. The zero-order valence-electron chi connectivity index (χ0n) is 9.62. The van der Waals surface area contributed by atoms with Crippen molar-refractivity contribution in [3.05, 3.63) is 41.1 Å². The van der Waals surface area contributed by atoms with Crippen molar-refractivity contribution in [2.45, 2.75) is 20.0 Å². The van der Waals surface area contributed by atoms with Gasteiger partial charge in [-0.1, -0.05) is 24.3 Å². The zero-order valence-corrected chi connectivity index (χ0v) is 9.62. The number of H-pyrrole nitrogens is 1. The lowest BCUT2D eigenvalue weighted by molar-refractivity contribution is 0.349. The molecule has 3 heteroatoms. The molecule has 3 nitrogen and oxygen atoms in total. The van der Waals surface area contributed by atoms with Gasteiger partial charge in [-0.15, -0.1) is 0 Å². The second kappa shape index (κ2) is 3.46. The smallest absolute Gasteiger partial charge is 0.0971 e. The molecule has 2 aromatic rings. The predicted molar refractivity (Wildman–Crippen MR) is 63.9 cm³/mol. The molecule has 1 aromatic heterocycles. The van der Waals surface area contributed by atoms with Crippen LogP contribution in [0.25, 0.3) is 11.3 Å². The summed E-state index contributed by atoms with van der Waals surface area (Å²) in [6.07, 6.45) is 0. The maximum absolute atomic E-state index is 4.45. The van der Waals surface area contributed by atoms with Gasteiger partial charge in [0.05, 0.1) is 11.4 Å². The minimum atomic E-state index is 0.980. The molecular formula is C13H15N3. The Morgan fingerprint density at radius 1 is 1.25 bits per heavy atom. The van der Waals surface area contributed by atoms with Gasteiger partial charge in [0.25, 0.3) is 0 Å². The van der Waals surface area contributed by atoms with E-state index in [-0.39, 0.29) is 0 Å². The molecule has 0 spiro atoms. The second-order valence-corrected chi connectivity index (χ2v) is 4.52. The second-order valence-electron chi connectivity index (χ2n) is 4.52. The molecule has 3 rings (SSSR count). The number of hydrogen-bond acceptors (Lipinski definition) is 2. The van der Waals surface area contributed by atoms with E-state index in [0.717, 1.165) is 18.8 Å². The average Bonchev–Trinajstić information content (AvgIpc) is 2.78. The first-order valence-electron chi connectivity index (χ1n) is 5.56. The molecule has 1 aromatic carbocycles. The monoisotopic (exact) mass is 213 g/mol. The maximum Gasteiger partial charge on any atom is 0.0971 e. The number of nitrogens with zero attached hydrogens (tertiary/aromatic N) is 2. The fourth-order valence-corrected chi connectivity index (χ4v) is 2.36. The van der Waals surface area contributed by atoms with Crippen molar-refractivity contribution < 1.29 is 0 Å². The molecule has 0 saturated heterocycles. The summed E-state index contributed by atoms with van der Waals surface area (Å²) < 4.78 is 0. The number of hydrogen-bond donors (Lipinski definition) is 1. The van der Waals surface area contributed by atoms with Gasteiger partial charge in [0.1, 0.15) is 0 Å². The number of aromatic nitrogens is 2. The van der Waals surface area contributed by atoms with E-state index in [9.17, 15) is 0 Å². The lowest BCUT2D eigenvalue weighted by Gasteiger charge is -2.07. The Morgan fingerprint density at radius 2 is 2.06 bits per heavy atom. The highest BCUT2D eigenvalue weighted by molar-refractivity contribution is 5.67. The highest BCUT2D eigenvalue weighted by Gasteiger charge is 2.23. The van der Waals surface area contributed by atoms with Crippen LogP contribution in [-0.4, -0.2) is 22.1 Å². The molecule has 0 saturated carbocycles. The van der Waals surface area contributed by atoms with E-state index in [1.807, 2.05) is 0 Å². The quantitative estimate of drug-likeness (QED) is 0.788. The Balaban J connectivity index is 2.12. The van der Waals surface area contributed by atoms with Gasteiger partial charge < -0.3 is 0 Å². The van der Waals surface area contributed by atoms with E-state index >= 15 is 0 Å². The summed E-state index contributed by atoms with van der Waals surface area (Å²) in [5, 5.41) is 7.60. The van der Waals surface area contributed by atoms with Crippen molar-refractivity contribution in [3.63, 3.8) is 0 Å². The number of nitrogens with one attached hydrogen (secondary N) is 1. The Hall–Kier alpha value is -1.61. The first-order valence-corrected chi connectivity index (χ1v) is 5.56. The van der Waals surface area contributed by atoms with Crippen LogP contribution in [0.1, 0.15) is 16.8 Å². The molecule has 0 fully saturated rings. The summed E-state index contributed by atoms with van der Waals surface area (Å²) in [6, 6.07) is 8.42. The molecule has 2 heterocycles. The molecule has 1 aliphatic heterocycles. The van der Waals surface area contributed by atoms with E-state index in [0.29, 0.717) is 0 Å². The van der Waals surface area contributed by atoms with Crippen LogP contribution >= 0.6 is 0 Å². The Kier molecular flexibility index (Phi) is 2.07. The summed E-state index contributed by atoms with van der Waals surface area (Å²) in [5.74, 6) is 0. The van der Waals surface area contributed by atoms with Crippen LogP contribution in [0.4, 0.5) is 0 Å². The third-order valence-electron chi connectivity index (χ3n) is 3.21. The van der Waals surface area contributed by atoms with Gasteiger partial charge in [0.2, 0.25) is 0 Å². The molecule has 0 radical (unpaired) electrons. The van der Waals surface area contributed by atoms with Crippen LogP contribution in [-0.2, 0) is 13.1 Å². The standard InChI is InChI=1S/C13H15N3/c1-9-5-3-4-6-10(9)13-11-7-16(2)8-12(11)14-15-13/h3-6H,7-8H2,1-2H3,(H,14,15). The van der Waals surface area contributed by atoms with Crippen LogP contribution in [0.3, 0.4) is 0 Å². The van der Waals surface area contributed by atoms with Crippen molar-refractivity contribution in [1.82, 2.24) is 15.1 Å². The number of aryl methyl sites for hydroxylation is 1. The molecule has 16 heavy (non-hydrogen) atoms. The van der Waals surface area contributed by atoms with Crippen LogP contribution in [0, 0.1) is 6.92 Å². The van der Waals surface area contributed by atoms with E-state index in [2.05, 4.69) is 53.3 Å². The highest BCUT2D eigenvalue weighted by Crippen LogP contribution is 2.31. The fourth-order valence-electron chi connectivity index (χ4n) is 2.36. The maximum atomic E-state index is 4.45. The van der Waals surface area contributed by atoms with E-state index in [4.69, 9.17) is 0 Å². The normalized spacial score (nSPS) is 15.4. The SMILES string of the molecule is Cc1ccccc1-c1n[nH]c2c1CN(C)C2. The van der Waals surface area contributed by atoms with Crippen molar-refractivity contribution in [2.24, 2.45) is 0 Å². The van der Waals surface area contributed by atoms with Gasteiger partial charge in [-0.05, 0) is 19.5 Å².